The monoisotopic (exact) mass is 459 g/mol. The van der Waals surface area contributed by atoms with Gasteiger partial charge in [0.25, 0.3) is 0 Å². The third kappa shape index (κ3) is 5.69. The van der Waals surface area contributed by atoms with E-state index in [0.717, 1.165) is 11.3 Å². The Kier molecular flexibility index (Phi) is 7.02. The van der Waals surface area contributed by atoms with Crippen LogP contribution in [0.25, 0.3) is 17.1 Å². The number of hydrogen-bond acceptors (Lipinski definition) is 6. The maximum atomic E-state index is 12.3. The van der Waals surface area contributed by atoms with Gasteiger partial charge >= 0.3 is 12.0 Å². The maximum Gasteiger partial charge on any atom is 0.358 e. The van der Waals surface area contributed by atoms with E-state index >= 15 is 0 Å². The Labute approximate surface area is 196 Å². The molecule has 34 heavy (non-hydrogen) atoms. The Morgan fingerprint density at radius 3 is 2.74 bits per heavy atom. The van der Waals surface area contributed by atoms with Crippen molar-refractivity contribution in [2.75, 3.05) is 18.5 Å². The summed E-state index contributed by atoms with van der Waals surface area (Å²) in [6.07, 6.45) is 3.80. The molecule has 0 saturated heterocycles. The molecule has 0 saturated carbocycles. The molecule has 2 amide bonds. The fraction of sp³-hybridized carbons (Fsp3) is 0.200. The average molecular weight is 460 g/mol. The molecule has 4 aromatic rings. The van der Waals surface area contributed by atoms with Gasteiger partial charge in [0.05, 0.1) is 18.0 Å². The minimum Gasteiger partial charge on any atom is -0.461 e. The van der Waals surface area contributed by atoms with Gasteiger partial charge in [-0.15, -0.1) is 0 Å². The van der Waals surface area contributed by atoms with Crippen LogP contribution >= 0.6 is 0 Å². The van der Waals surface area contributed by atoms with Gasteiger partial charge < -0.3 is 19.8 Å². The number of ether oxygens (including phenoxy) is 1. The third-order valence-corrected chi connectivity index (χ3v) is 4.96. The standard InChI is InChI=1S/C25H25N5O4/c1-3-33-24(31)22-12-14-30(29-22)21-6-4-5-19(15-21)28-25(32)26-13-11-20-16-34-23(27-20)18-9-7-17(2)8-10-18/h4-10,12,14-16H,3,11,13H2,1-2H3,(H2,26,28,32). The summed E-state index contributed by atoms with van der Waals surface area (Å²) in [6.45, 7) is 4.44. The van der Waals surface area contributed by atoms with Gasteiger partial charge in [-0.2, -0.15) is 5.10 Å². The molecule has 9 heteroatoms. The predicted octanol–water partition coefficient (Wildman–Crippen LogP) is 4.38. The van der Waals surface area contributed by atoms with Gasteiger partial charge in [-0.05, 0) is 50.2 Å². The molecule has 0 spiro atoms. The lowest BCUT2D eigenvalue weighted by molar-refractivity contribution is 0.0519. The zero-order valence-corrected chi connectivity index (χ0v) is 18.9. The van der Waals surface area contributed by atoms with E-state index in [1.54, 1.807) is 48.3 Å². The van der Waals surface area contributed by atoms with Gasteiger partial charge in [0.1, 0.15) is 6.26 Å². The second-order valence-electron chi connectivity index (χ2n) is 7.56. The van der Waals surface area contributed by atoms with Crippen LogP contribution in [-0.2, 0) is 11.2 Å². The highest BCUT2D eigenvalue weighted by Gasteiger charge is 2.12. The van der Waals surface area contributed by atoms with Gasteiger partial charge in [0.15, 0.2) is 5.69 Å². The molecule has 2 aromatic carbocycles. The van der Waals surface area contributed by atoms with Crippen molar-refractivity contribution in [2.24, 2.45) is 0 Å². The number of amides is 2. The number of hydrogen-bond donors (Lipinski definition) is 2. The summed E-state index contributed by atoms with van der Waals surface area (Å²) < 4.78 is 12.1. The lowest BCUT2D eigenvalue weighted by Crippen LogP contribution is -2.30. The Balaban J connectivity index is 1.29. The first kappa shape index (κ1) is 22.8. The summed E-state index contributed by atoms with van der Waals surface area (Å²) in [5.74, 6) is 0.0778. The number of anilines is 1. The van der Waals surface area contributed by atoms with Crippen LogP contribution in [0.5, 0.6) is 0 Å². The number of aryl methyl sites for hydroxylation is 1. The minimum absolute atomic E-state index is 0.219. The van der Waals surface area contributed by atoms with E-state index in [4.69, 9.17) is 9.15 Å². The van der Waals surface area contributed by atoms with Gasteiger partial charge in [-0.1, -0.05) is 23.8 Å². The van der Waals surface area contributed by atoms with Crippen LogP contribution in [0.4, 0.5) is 10.5 Å². The Hall–Kier alpha value is -4.40. The van der Waals surface area contributed by atoms with Gasteiger partial charge in [-0.25, -0.2) is 19.3 Å². The normalized spacial score (nSPS) is 10.6. The van der Waals surface area contributed by atoms with Crippen molar-refractivity contribution < 1.29 is 18.7 Å². The van der Waals surface area contributed by atoms with E-state index in [2.05, 4.69) is 20.7 Å². The van der Waals surface area contributed by atoms with Crippen molar-refractivity contribution >= 4 is 17.7 Å². The molecule has 4 rings (SSSR count). The zero-order chi connectivity index (χ0) is 23.9. The first-order chi connectivity index (χ1) is 16.5. The molecule has 2 N–H and O–H groups in total. The van der Waals surface area contributed by atoms with Crippen molar-refractivity contribution in [1.82, 2.24) is 20.1 Å². The lowest BCUT2D eigenvalue weighted by atomic mass is 10.1. The molecular weight excluding hydrogens is 434 g/mol. The lowest BCUT2D eigenvalue weighted by Gasteiger charge is -2.09. The molecule has 0 bridgehead atoms. The fourth-order valence-corrected chi connectivity index (χ4v) is 3.24. The first-order valence-electron chi connectivity index (χ1n) is 10.9. The zero-order valence-electron chi connectivity index (χ0n) is 18.9. The quantitative estimate of drug-likeness (QED) is 0.378. The molecule has 174 valence electrons. The van der Waals surface area contributed by atoms with Crippen LogP contribution in [0.2, 0.25) is 0 Å². The fourth-order valence-electron chi connectivity index (χ4n) is 3.24. The Morgan fingerprint density at radius 2 is 1.94 bits per heavy atom. The number of nitrogens with one attached hydrogen (secondary N) is 2. The molecule has 2 heterocycles. The molecule has 2 aromatic heterocycles. The van der Waals surface area contributed by atoms with E-state index in [0.29, 0.717) is 30.2 Å². The smallest absolute Gasteiger partial charge is 0.358 e. The van der Waals surface area contributed by atoms with E-state index in [9.17, 15) is 9.59 Å². The molecule has 0 atom stereocenters. The molecule has 0 aliphatic heterocycles. The Morgan fingerprint density at radius 1 is 1.12 bits per heavy atom. The number of benzene rings is 2. The number of nitrogens with zero attached hydrogens (tertiary/aromatic N) is 3. The second kappa shape index (κ2) is 10.5. The predicted molar refractivity (Wildman–Crippen MR) is 127 cm³/mol. The molecule has 0 aliphatic carbocycles. The summed E-state index contributed by atoms with van der Waals surface area (Å²) in [7, 11) is 0. The van der Waals surface area contributed by atoms with E-state index in [1.807, 2.05) is 37.3 Å². The van der Waals surface area contributed by atoms with Crippen LogP contribution in [0.1, 0.15) is 28.7 Å². The summed E-state index contributed by atoms with van der Waals surface area (Å²) in [6, 6.07) is 16.3. The average Bonchev–Trinajstić information content (AvgIpc) is 3.50. The maximum absolute atomic E-state index is 12.3. The van der Waals surface area contributed by atoms with Crippen LogP contribution in [0.15, 0.2) is 71.5 Å². The van der Waals surface area contributed by atoms with Crippen molar-refractivity contribution in [3.05, 3.63) is 84.0 Å². The van der Waals surface area contributed by atoms with Crippen molar-refractivity contribution in [2.45, 2.75) is 20.3 Å². The van der Waals surface area contributed by atoms with E-state index in [1.165, 1.54) is 5.56 Å². The minimum atomic E-state index is -0.479. The van der Waals surface area contributed by atoms with Gasteiger partial charge in [-0.3, -0.25) is 0 Å². The molecule has 0 radical (unpaired) electrons. The largest absolute Gasteiger partial charge is 0.461 e. The van der Waals surface area contributed by atoms with Crippen LogP contribution in [0.3, 0.4) is 0 Å². The summed E-state index contributed by atoms with van der Waals surface area (Å²) in [5.41, 5.74) is 4.34. The highest BCUT2D eigenvalue weighted by Crippen LogP contribution is 2.19. The molecular formula is C25H25N5O4. The van der Waals surface area contributed by atoms with E-state index in [-0.39, 0.29) is 18.3 Å². The van der Waals surface area contributed by atoms with Crippen molar-refractivity contribution in [1.29, 1.82) is 0 Å². The van der Waals surface area contributed by atoms with Gasteiger partial charge in [0.2, 0.25) is 5.89 Å². The van der Waals surface area contributed by atoms with Crippen LogP contribution in [-0.4, -0.2) is 39.9 Å². The highest BCUT2D eigenvalue weighted by atomic mass is 16.5. The van der Waals surface area contributed by atoms with Crippen molar-refractivity contribution in [3.63, 3.8) is 0 Å². The number of carbonyl (C=O) groups excluding carboxylic acids is 2. The van der Waals surface area contributed by atoms with Crippen LogP contribution in [0, 0.1) is 6.92 Å². The first-order valence-corrected chi connectivity index (χ1v) is 10.9. The number of carbonyl (C=O) groups is 2. The number of rotatable bonds is 8. The number of urea groups is 1. The second-order valence-corrected chi connectivity index (χ2v) is 7.56. The highest BCUT2D eigenvalue weighted by molar-refractivity contribution is 5.89. The Bertz CT molecular complexity index is 1280. The number of esters is 1. The summed E-state index contributed by atoms with van der Waals surface area (Å²) >= 11 is 0. The number of aromatic nitrogens is 3. The summed E-state index contributed by atoms with van der Waals surface area (Å²) in [4.78, 5) is 28.6. The van der Waals surface area contributed by atoms with Crippen molar-refractivity contribution in [3.8, 4) is 17.1 Å². The number of oxazole rings is 1. The third-order valence-electron chi connectivity index (χ3n) is 4.96. The topological polar surface area (TPSA) is 111 Å². The van der Waals surface area contributed by atoms with E-state index < -0.39 is 5.97 Å². The van der Waals surface area contributed by atoms with Crippen LogP contribution < -0.4 is 10.6 Å². The molecule has 0 aliphatic rings. The summed E-state index contributed by atoms with van der Waals surface area (Å²) in [5, 5.41) is 9.84. The molecule has 9 nitrogen and oxygen atoms in total. The molecule has 0 fully saturated rings. The molecule has 0 unspecified atom stereocenters. The SMILES string of the molecule is CCOC(=O)c1ccn(-c2cccc(NC(=O)NCCc3coc(-c4ccc(C)cc4)n3)c2)n1. The van der Waals surface area contributed by atoms with Gasteiger partial charge in [0, 0.05) is 30.4 Å².